The highest BCUT2D eigenvalue weighted by Gasteiger charge is 2.12. The lowest BCUT2D eigenvalue weighted by Gasteiger charge is -2.07. The zero-order valence-electron chi connectivity index (χ0n) is 13.6. The number of hydrogen-bond donors (Lipinski definition) is 3. The van der Waals surface area contributed by atoms with Gasteiger partial charge in [-0.2, -0.15) is 0 Å². The molecule has 1 heterocycles. The molecule has 0 aliphatic heterocycles. The van der Waals surface area contributed by atoms with Crippen LogP contribution in [0.15, 0.2) is 45.9 Å². The number of benzene rings is 1. The smallest absolute Gasteiger partial charge is 0.255 e. The Morgan fingerprint density at radius 1 is 1.12 bits per heavy atom. The van der Waals surface area contributed by atoms with Crippen molar-refractivity contribution in [3.63, 3.8) is 0 Å². The largest absolute Gasteiger partial charge is 0.469 e. The van der Waals surface area contributed by atoms with Gasteiger partial charge in [0.1, 0.15) is 5.76 Å². The van der Waals surface area contributed by atoms with Gasteiger partial charge >= 0.3 is 0 Å². The Labute approximate surface area is 145 Å². The molecular weight excluding hydrogens is 346 g/mol. The van der Waals surface area contributed by atoms with Gasteiger partial charge in [0.25, 0.3) is 5.91 Å². The van der Waals surface area contributed by atoms with Gasteiger partial charge in [0.05, 0.1) is 23.3 Å². The van der Waals surface area contributed by atoms with E-state index in [2.05, 4.69) is 10.6 Å². The van der Waals surface area contributed by atoms with Gasteiger partial charge in [-0.25, -0.2) is 13.6 Å². The zero-order chi connectivity index (χ0) is 18.4. The van der Waals surface area contributed by atoms with Gasteiger partial charge in [-0.15, -0.1) is 0 Å². The highest BCUT2D eigenvalue weighted by atomic mass is 32.2. The maximum atomic E-state index is 11.8. The van der Waals surface area contributed by atoms with Gasteiger partial charge in [-0.3, -0.25) is 9.59 Å². The minimum absolute atomic E-state index is 0.0394. The Hall–Kier alpha value is -2.65. The number of primary sulfonamides is 1. The van der Waals surface area contributed by atoms with Crippen LogP contribution in [0.25, 0.3) is 0 Å². The summed E-state index contributed by atoms with van der Waals surface area (Å²) >= 11 is 0. The molecule has 0 spiro atoms. The third-order valence-electron chi connectivity index (χ3n) is 3.50. The van der Waals surface area contributed by atoms with E-state index in [0.717, 1.165) is 5.56 Å². The van der Waals surface area contributed by atoms with Gasteiger partial charge in [0.2, 0.25) is 15.9 Å². The lowest BCUT2D eigenvalue weighted by molar-refractivity contribution is -0.120. The average molecular weight is 365 g/mol. The monoisotopic (exact) mass is 365 g/mol. The third-order valence-corrected chi connectivity index (χ3v) is 4.43. The van der Waals surface area contributed by atoms with Gasteiger partial charge in [-0.05, 0) is 37.1 Å². The van der Waals surface area contributed by atoms with E-state index < -0.39 is 10.0 Å². The first-order valence-corrected chi connectivity index (χ1v) is 9.03. The summed E-state index contributed by atoms with van der Waals surface area (Å²) in [7, 11) is -3.71. The van der Waals surface area contributed by atoms with Crippen molar-refractivity contribution in [1.29, 1.82) is 0 Å². The summed E-state index contributed by atoms with van der Waals surface area (Å²) in [5.41, 5.74) is 1.24. The Balaban J connectivity index is 1.73. The molecule has 2 amide bonds. The summed E-state index contributed by atoms with van der Waals surface area (Å²) in [5, 5.41) is 10.2. The van der Waals surface area contributed by atoms with Crippen LogP contribution in [-0.4, -0.2) is 33.3 Å². The van der Waals surface area contributed by atoms with Crippen molar-refractivity contribution in [2.24, 2.45) is 5.14 Å². The molecule has 0 saturated heterocycles. The maximum absolute atomic E-state index is 11.8. The molecule has 0 bridgehead atoms. The van der Waals surface area contributed by atoms with Crippen molar-refractivity contribution in [3.8, 4) is 0 Å². The number of carbonyl (C=O) groups excluding carboxylic acids is 2. The highest BCUT2D eigenvalue weighted by Crippen LogP contribution is 2.09. The van der Waals surface area contributed by atoms with Crippen molar-refractivity contribution in [2.45, 2.75) is 18.2 Å². The van der Waals surface area contributed by atoms with E-state index in [-0.39, 0.29) is 23.3 Å². The molecule has 134 valence electrons. The van der Waals surface area contributed by atoms with E-state index in [1.807, 2.05) is 0 Å². The number of aryl methyl sites for hydroxylation is 1. The predicted octanol–water partition coefficient (Wildman–Crippen LogP) is 0.324. The van der Waals surface area contributed by atoms with Crippen LogP contribution in [0.5, 0.6) is 0 Å². The number of nitrogens with one attached hydrogen (secondary N) is 2. The predicted molar refractivity (Wildman–Crippen MR) is 90.3 cm³/mol. The maximum Gasteiger partial charge on any atom is 0.255 e. The Morgan fingerprint density at radius 2 is 1.80 bits per heavy atom. The van der Waals surface area contributed by atoms with Crippen molar-refractivity contribution in [2.75, 3.05) is 13.1 Å². The molecule has 9 heteroatoms. The van der Waals surface area contributed by atoms with Gasteiger partial charge in [-0.1, -0.05) is 12.1 Å². The minimum atomic E-state index is -3.71. The molecule has 2 rings (SSSR count). The quantitative estimate of drug-likeness (QED) is 0.650. The van der Waals surface area contributed by atoms with Crippen molar-refractivity contribution >= 4 is 21.8 Å². The molecule has 0 saturated carbocycles. The first kappa shape index (κ1) is 18.7. The molecule has 0 unspecified atom stereocenters. The topological polar surface area (TPSA) is 132 Å². The van der Waals surface area contributed by atoms with E-state index >= 15 is 0 Å². The van der Waals surface area contributed by atoms with E-state index in [9.17, 15) is 18.0 Å². The third kappa shape index (κ3) is 5.44. The Morgan fingerprint density at radius 3 is 2.36 bits per heavy atom. The molecule has 1 aromatic carbocycles. The van der Waals surface area contributed by atoms with Crippen molar-refractivity contribution < 1.29 is 22.4 Å². The van der Waals surface area contributed by atoms with Crippen LogP contribution in [-0.2, 0) is 21.2 Å². The number of amides is 2. The SMILES string of the molecule is Cc1occc1C(=O)NCC(=O)NCCc1ccc(S(N)(=O)=O)cc1. The lowest BCUT2D eigenvalue weighted by atomic mass is 10.1. The molecule has 25 heavy (non-hydrogen) atoms. The van der Waals surface area contributed by atoms with Gasteiger partial charge in [0.15, 0.2) is 0 Å². The van der Waals surface area contributed by atoms with Crippen LogP contribution in [0.2, 0.25) is 0 Å². The van der Waals surface area contributed by atoms with E-state index in [0.29, 0.717) is 24.3 Å². The van der Waals surface area contributed by atoms with Crippen LogP contribution < -0.4 is 15.8 Å². The molecule has 1 aromatic heterocycles. The molecule has 2 aromatic rings. The first-order valence-electron chi connectivity index (χ1n) is 7.48. The molecular formula is C16H19N3O5S. The van der Waals surface area contributed by atoms with Crippen LogP contribution in [0, 0.1) is 6.92 Å². The summed E-state index contributed by atoms with van der Waals surface area (Å²) in [5.74, 6) is -0.212. The number of rotatable bonds is 7. The van der Waals surface area contributed by atoms with Crippen LogP contribution in [0.3, 0.4) is 0 Å². The second-order valence-corrected chi connectivity index (χ2v) is 6.92. The fraction of sp³-hybridized carbons (Fsp3) is 0.250. The number of furan rings is 1. The fourth-order valence-electron chi connectivity index (χ4n) is 2.13. The van der Waals surface area contributed by atoms with Crippen molar-refractivity contribution in [1.82, 2.24) is 10.6 Å². The second-order valence-electron chi connectivity index (χ2n) is 5.36. The molecule has 0 fully saturated rings. The number of sulfonamides is 1. The highest BCUT2D eigenvalue weighted by molar-refractivity contribution is 7.89. The average Bonchev–Trinajstić information content (AvgIpc) is 2.98. The standard InChI is InChI=1S/C16H19N3O5S/c1-11-14(7-9-24-11)16(21)19-10-15(20)18-8-6-12-2-4-13(5-3-12)25(17,22)23/h2-5,7,9H,6,8,10H2,1H3,(H,18,20)(H,19,21)(H2,17,22,23). The first-order chi connectivity index (χ1) is 11.8. The van der Waals surface area contributed by atoms with Crippen molar-refractivity contribution in [3.05, 3.63) is 53.5 Å². The van der Waals surface area contributed by atoms with E-state index in [4.69, 9.17) is 9.56 Å². The summed E-state index contributed by atoms with van der Waals surface area (Å²) in [6.07, 6.45) is 1.93. The number of carbonyl (C=O) groups is 2. The molecule has 0 atom stereocenters. The molecule has 4 N–H and O–H groups in total. The lowest BCUT2D eigenvalue weighted by Crippen LogP contribution is -2.37. The Bertz CT molecular complexity index is 856. The summed E-state index contributed by atoms with van der Waals surface area (Å²) in [4.78, 5) is 23.6. The van der Waals surface area contributed by atoms with Gasteiger partial charge < -0.3 is 15.1 Å². The number of nitrogens with two attached hydrogens (primary N) is 1. The normalized spacial score (nSPS) is 11.1. The fourth-order valence-corrected chi connectivity index (χ4v) is 2.65. The van der Waals surface area contributed by atoms with E-state index in [1.165, 1.54) is 24.5 Å². The molecule has 0 aliphatic carbocycles. The molecule has 0 radical (unpaired) electrons. The van der Waals surface area contributed by atoms with Crippen LogP contribution >= 0.6 is 0 Å². The molecule has 0 aliphatic rings. The minimum Gasteiger partial charge on any atom is -0.469 e. The van der Waals surface area contributed by atoms with E-state index in [1.54, 1.807) is 19.1 Å². The number of hydrogen-bond acceptors (Lipinski definition) is 5. The summed E-state index contributed by atoms with van der Waals surface area (Å²) in [6, 6.07) is 7.64. The second kappa shape index (κ2) is 7.95. The van der Waals surface area contributed by atoms with Crippen LogP contribution in [0.4, 0.5) is 0 Å². The zero-order valence-corrected chi connectivity index (χ0v) is 14.4. The summed E-state index contributed by atoms with van der Waals surface area (Å²) in [6.45, 7) is 1.87. The van der Waals surface area contributed by atoms with Crippen LogP contribution in [0.1, 0.15) is 21.7 Å². The van der Waals surface area contributed by atoms with Gasteiger partial charge in [0, 0.05) is 6.54 Å². The summed E-state index contributed by atoms with van der Waals surface area (Å²) < 4.78 is 27.4. The Kier molecular flexibility index (Phi) is 5.94. The molecule has 8 nitrogen and oxygen atoms in total.